The highest BCUT2D eigenvalue weighted by Gasteiger charge is 2.25. The summed E-state index contributed by atoms with van der Waals surface area (Å²) in [5.74, 6) is 0.875. The molecule has 19 heavy (non-hydrogen) atoms. The standard InChI is InChI=1S/C14H21BrN2O2/c1-10-4-13(18-3)5-12(16-10)7-17-8-14(6-15)19-9-11(17)2/h4-5,11,14H,6-9H2,1-3H3. The van der Waals surface area contributed by atoms with Gasteiger partial charge in [0.05, 0.1) is 25.5 Å². The van der Waals surface area contributed by atoms with E-state index in [-0.39, 0.29) is 6.10 Å². The van der Waals surface area contributed by atoms with Crippen molar-refractivity contribution in [3.63, 3.8) is 0 Å². The molecule has 2 atom stereocenters. The van der Waals surface area contributed by atoms with E-state index in [1.807, 2.05) is 19.1 Å². The molecule has 2 heterocycles. The maximum absolute atomic E-state index is 5.74. The van der Waals surface area contributed by atoms with E-state index in [9.17, 15) is 0 Å². The average Bonchev–Trinajstić information content (AvgIpc) is 2.40. The lowest BCUT2D eigenvalue weighted by atomic mass is 10.2. The number of hydrogen-bond donors (Lipinski definition) is 0. The summed E-state index contributed by atoms with van der Waals surface area (Å²) in [4.78, 5) is 7.00. The SMILES string of the molecule is COc1cc(C)nc(CN2CC(CBr)OCC2C)c1. The van der Waals surface area contributed by atoms with Gasteiger partial charge >= 0.3 is 0 Å². The lowest BCUT2D eigenvalue weighted by Crippen LogP contribution is -2.48. The summed E-state index contributed by atoms with van der Waals surface area (Å²) >= 11 is 3.49. The highest BCUT2D eigenvalue weighted by Crippen LogP contribution is 2.19. The van der Waals surface area contributed by atoms with Crippen LogP contribution in [0, 0.1) is 6.92 Å². The molecule has 0 amide bonds. The van der Waals surface area contributed by atoms with Gasteiger partial charge in [0, 0.05) is 42.3 Å². The van der Waals surface area contributed by atoms with Gasteiger partial charge in [-0.1, -0.05) is 15.9 Å². The molecule has 1 aliphatic rings. The van der Waals surface area contributed by atoms with Crippen molar-refractivity contribution < 1.29 is 9.47 Å². The largest absolute Gasteiger partial charge is 0.497 e. The molecule has 4 nitrogen and oxygen atoms in total. The number of aromatic nitrogens is 1. The summed E-state index contributed by atoms with van der Waals surface area (Å²) in [6.45, 7) is 6.74. The number of halogens is 1. The van der Waals surface area contributed by atoms with Crippen LogP contribution in [-0.4, -0.2) is 47.6 Å². The smallest absolute Gasteiger partial charge is 0.122 e. The van der Waals surface area contributed by atoms with Crippen molar-refractivity contribution in [2.75, 3.05) is 25.6 Å². The van der Waals surface area contributed by atoms with Gasteiger partial charge in [0.2, 0.25) is 0 Å². The van der Waals surface area contributed by atoms with Gasteiger partial charge in [-0.25, -0.2) is 0 Å². The molecule has 2 rings (SSSR count). The number of morpholine rings is 1. The third-order valence-corrected chi connectivity index (χ3v) is 4.11. The number of methoxy groups -OCH3 is 1. The topological polar surface area (TPSA) is 34.6 Å². The number of ether oxygens (including phenoxy) is 2. The Bertz CT molecular complexity index is 428. The van der Waals surface area contributed by atoms with E-state index < -0.39 is 0 Å². The molecule has 0 aromatic carbocycles. The van der Waals surface area contributed by atoms with E-state index in [1.165, 1.54) is 0 Å². The highest BCUT2D eigenvalue weighted by atomic mass is 79.9. The average molecular weight is 329 g/mol. The molecule has 1 fully saturated rings. The third kappa shape index (κ3) is 3.91. The second-order valence-electron chi connectivity index (χ2n) is 5.03. The van der Waals surface area contributed by atoms with Gasteiger partial charge in [-0.15, -0.1) is 0 Å². The normalized spacial score (nSPS) is 24.4. The van der Waals surface area contributed by atoms with Crippen LogP contribution >= 0.6 is 15.9 Å². The minimum Gasteiger partial charge on any atom is -0.497 e. The van der Waals surface area contributed by atoms with Crippen LogP contribution in [0.15, 0.2) is 12.1 Å². The summed E-state index contributed by atoms with van der Waals surface area (Å²) in [5.41, 5.74) is 2.05. The molecule has 0 saturated carbocycles. The maximum atomic E-state index is 5.74. The van der Waals surface area contributed by atoms with Crippen molar-refractivity contribution in [3.8, 4) is 5.75 Å². The lowest BCUT2D eigenvalue weighted by molar-refractivity contribution is -0.0504. The number of rotatable bonds is 4. The Morgan fingerprint density at radius 3 is 3.00 bits per heavy atom. The van der Waals surface area contributed by atoms with Crippen LogP contribution in [0.1, 0.15) is 18.3 Å². The Balaban J connectivity index is 2.08. The first kappa shape index (κ1) is 14.8. The zero-order valence-corrected chi connectivity index (χ0v) is 13.3. The monoisotopic (exact) mass is 328 g/mol. The Morgan fingerprint density at radius 1 is 1.53 bits per heavy atom. The van der Waals surface area contributed by atoms with Gasteiger partial charge in [0.1, 0.15) is 5.75 Å². The summed E-state index contributed by atoms with van der Waals surface area (Å²) in [7, 11) is 1.69. The Kier molecular flexibility index (Phi) is 5.19. The molecule has 0 aliphatic carbocycles. The van der Waals surface area contributed by atoms with Crippen LogP contribution < -0.4 is 4.74 Å². The molecule has 1 aromatic rings. The maximum Gasteiger partial charge on any atom is 0.122 e. The molecule has 0 radical (unpaired) electrons. The van der Waals surface area contributed by atoms with Crippen LogP contribution in [0.4, 0.5) is 0 Å². The van der Waals surface area contributed by atoms with Crippen molar-refractivity contribution in [2.24, 2.45) is 0 Å². The summed E-state index contributed by atoms with van der Waals surface area (Å²) in [6.07, 6.45) is 0.267. The summed E-state index contributed by atoms with van der Waals surface area (Å²) < 4.78 is 11.0. The summed E-state index contributed by atoms with van der Waals surface area (Å²) in [6, 6.07) is 4.38. The van der Waals surface area contributed by atoms with E-state index >= 15 is 0 Å². The molecule has 0 N–H and O–H groups in total. The third-order valence-electron chi connectivity index (χ3n) is 3.39. The Labute approximate surface area is 123 Å². The van der Waals surface area contributed by atoms with Crippen molar-refractivity contribution in [2.45, 2.75) is 32.5 Å². The van der Waals surface area contributed by atoms with Gasteiger partial charge in [0.25, 0.3) is 0 Å². The van der Waals surface area contributed by atoms with Gasteiger partial charge in [0.15, 0.2) is 0 Å². The molecule has 0 spiro atoms. The van der Waals surface area contributed by atoms with Gasteiger partial charge in [-0.05, 0) is 13.8 Å². The molecule has 5 heteroatoms. The Morgan fingerprint density at radius 2 is 2.32 bits per heavy atom. The van der Waals surface area contributed by atoms with E-state index in [0.717, 1.165) is 42.2 Å². The van der Waals surface area contributed by atoms with Crippen molar-refractivity contribution in [1.29, 1.82) is 0 Å². The second kappa shape index (κ2) is 6.68. The summed E-state index contributed by atoms with van der Waals surface area (Å²) in [5, 5.41) is 0.876. The predicted molar refractivity (Wildman–Crippen MR) is 78.9 cm³/mol. The molecular weight excluding hydrogens is 308 g/mol. The van der Waals surface area contributed by atoms with Crippen LogP contribution in [0.25, 0.3) is 0 Å². The van der Waals surface area contributed by atoms with E-state index in [2.05, 4.69) is 32.7 Å². The molecular formula is C14H21BrN2O2. The number of pyridine rings is 1. The minimum atomic E-state index is 0.267. The number of aryl methyl sites for hydroxylation is 1. The fourth-order valence-corrected chi connectivity index (χ4v) is 2.69. The van der Waals surface area contributed by atoms with Gasteiger partial charge in [-0.3, -0.25) is 9.88 Å². The first-order chi connectivity index (χ1) is 9.12. The van der Waals surface area contributed by atoms with Crippen LogP contribution in [0.3, 0.4) is 0 Å². The van der Waals surface area contributed by atoms with E-state index in [0.29, 0.717) is 6.04 Å². The molecule has 1 saturated heterocycles. The zero-order valence-electron chi connectivity index (χ0n) is 11.7. The first-order valence-corrected chi connectivity index (χ1v) is 7.67. The highest BCUT2D eigenvalue weighted by molar-refractivity contribution is 9.09. The van der Waals surface area contributed by atoms with Crippen LogP contribution in [0.2, 0.25) is 0 Å². The quantitative estimate of drug-likeness (QED) is 0.795. The van der Waals surface area contributed by atoms with Gasteiger partial charge in [-0.2, -0.15) is 0 Å². The van der Waals surface area contributed by atoms with E-state index in [4.69, 9.17) is 9.47 Å². The van der Waals surface area contributed by atoms with Crippen LogP contribution in [-0.2, 0) is 11.3 Å². The molecule has 106 valence electrons. The Hall–Kier alpha value is -0.650. The molecule has 0 bridgehead atoms. The first-order valence-electron chi connectivity index (χ1n) is 6.55. The van der Waals surface area contributed by atoms with Crippen molar-refractivity contribution in [3.05, 3.63) is 23.5 Å². The zero-order chi connectivity index (χ0) is 13.8. The second-order valence-corrected chi connectivity index (χ2v) is 5.68. The molecule has 2 unspecified atom stereocenters. The van der Waals surface area contributed by atoms with Crippen molar-refractivity contribution in [1.82, 2.24) is 9.88 Å². The number of hydrogen-bond acceptors (Lipinski definition) is 4. The van der Waals surface area contributed by atoms with Gasteiger partial charge < -0.3 is 9.47 Å². The fourth-order valence-electron chi connectivity index (χ4n) is 2.30. The predicted octanol–water partition coefficient (Wildman–Crippen LogP) is 2.38. The fraction of sp³-hybridized carbons (Fsp3) is 0.643. The molecule has 1 aliphatic heterocycles. The minimum absolute atomic E-state index is 0.267. The van der Waals surface area contributed by atoms with Crippen molar-refractivity contribution >= 4 is 15.9 Å². The van der Waals surface area contributed by atoms with Crippen LogP contribution in [0.5, 0.6) is 5.75 Å². The number of alkyl halides is 1. The number of nitrogens with zero attached hydrogens (tertiary/aromatic N) is 2. The lowest BCUT2D eigenvalue weighted by Gasteiger charge is -2.37. The van der Waals surface area contributed by atoms with E-state index in [1.54, 1.807) is 7.11 Å². The molecule has 1 aromatic heterocycles.